The van der Waals surface area contributed by atoms with Gasteiger partial charge < -0.3 is 9.42 Å². The van der Waals surface area contributed by atoms with Crippen molar-refractivity contribution in [3.63, 3.8) is 0 Å². The molecule has 130 valence electrons. The summed E-state index contributed by atoms with van der Waals surface area (Å²) in [5.41, 5.74) is 1.29. The zero-order valence-electron chi connectivity index (χ0n) is 15.0. The van der Waals surface area contributed by atoms with Crippen molar-refractivity contribution in [2.75, 3.05) is 13.1 Å². The standard InChI is InChI=1S/C17H25N5O2/c1-10(2)16-15(11(3)20-24-16)17(23)21-8-6-7-14(9-21)22-13(5)18-12(4)19-22/h10,14H,6-9H2,1-5H3/t14-/m0/s1. The molecule has 0 radical (unpaired) electrons. The van der Waals surface area contributed by atoms with E-state index in [0.717, 1.165) is 31.0 Å². The van der Waals surface area contributed by atoms with E-state index in [2.05, 4.69) is 15.2 Å². The Morgan fingerprint density at radius 3 is 2.67 bits per heavy atom. The van der Waals surface area contributed by atoms with Crippen LogP contribution < -0.4 is 0 Å². The number of amides is 1. The van der Waals surface area contributed by atoms with Crippen molar-refractivity contribution in [2.24, 2.45) is 0 Å². The van der Waals surface area contributed by atoms with Crippen molar-refractivity contribution >= 4 is 5.91 Å². The number of nitrogens with zero attached hydrogens (tertiary/aromatic N) is 5. The average molecular weight is 331 g/mol. The Hall–Kier alpha value is -2.18. The van der Waals surface area contributed by atoms with Gasteiger partial charge in [0.25, 0.3) is 5.91 Å². The van der Waals surface area contributed by atoms with Crippen LogP contribution >= 0.6 is 0 Å². The SMILES string of the molecule is Cc1nc(C)n([C@H]2CCCN(C(=O)c3c(C)noc3C(C)C)C2)n1. The Bertz CT molecular complexity index is 746. The minimum atomic E-state index is 0.0108. The zero-order valence-corrected chi connectivity index (χ0v) is 15.0. The molecule has 7 heteroatoms. The maximum Gasteiger partial charge on any atom is 0.259 e. The van der Waals surface area contributed by atoms with Gasteiger partial charge in [0.15, 0.2) is 5.76 Å². The lowest BCUT2D eigenvalue weighted by Crippen LogP contribution is -2.41. The first kappa shape index (κ1) is 16.7. The van der Waals surface area contributed by atoms with Crippen LogP contribution in [0.5, 0.6) is 0 Å². The fourth-order valence-electron chi connectivity index (χ4n) is 3.42. The predicted octanol–water partition coefficient (Wildman–Crippen LogP) is 2.79. The summed E-state index contributed by atoms with van der Waals surface area (Å²) in [6.07, 6.45) is 1.96. The summed E-state index contributed by atoms with van der Waals surface area (Å²) in [5.74, 6) is 2.48. The first-order chi connectivity index (χ1) is 11.4. The Morgan fingerprint density at radius 2 is 2.04 bits per heavy atom. The van der Waals surface area contributed by atoms with Gasteiger partial charge in [-0.15, -0.1) is 0 Å². The molecule has 1 atom stereocenters. The van der Waals surface area contributed by atoms with E-state index in [1.54, 1.807) is 0 Å². The van der Waals surface area contributed by atoms with Crippen molar-refractivity contribution in [3.8, 4) is 0 Å². The maximum atomic E-state index is 13.1. The predicted molar refractivity (Wildman–Crippen MR) is 89.0 cm³/mol. The van der Waals surface area contributed by atoms with Gasteiger partial charge in [-0.2, -0.15) is 5.10 Å². The molecule has 1 aliphatic heterocycles. The van der Waals surface area contributed by atoms with Gasteiger partial charge in [0.2, 0.25) is 0 Å². The van der Waals surface area contributed by atoms with E-state index in [0.29, 0.717) is 23.6 Å². The number of piperidine rings is 1. The van der Waals surface area contributed by atoms with Crippen LogP contribution in [0.3, 0.4) is 0 Å². The van der Waals surface area contributed by atoms with Crippen molar-refractivity contribution in [1.82, 2.24) is 24.8 Å². The van der Waals surface area contributed by atoms with Crippen molar-refractivity contribution < 1.29 is 9.32 Å². The molecule has 1 amide bonds. The van der Waals surface area contributed by atoms with E-state index < -0.39 is 0 Å². The van der Waals surface area contributed by atoms with Crippen LogP contribution in [0.1, 0.15) is 72.1 Å². The highest BCUT2D eigenvalue weighted by molar-refractivity contribution is 5.96. The molecule has 7 nitrogen and oxygen atoms in total. The third kappa shape index (κ3) is 2.95. The molecule has 2 aromatic heterocycles. The lowest BCUT2D eigenvalue weighted by Gasteiger charge is -2.33. The normalized spacial score (nSPS) is 18.4. The first-order valence-electron chi connectivity index (χ1n) is 8.53. The van der Waals surface area contributed by atoms with E-state index >= 15 is 0 Å². The molecule has 3 heterocycles. The van der Waals surface area contributed by atoms with Crippen molar-refractivity contribution in [1.29, 1.82) is 0 Å². The van der Waals surface area contributed by atoms with Crippen LogP contribution in [0, 0.1) is 20.8 Å². The molecule has 3 rings (SSSR count). The van der Waals surface area contributed by atoms with E-state index in [-0.39, 0.29) is 17.9 Å². The number of likely N-dealkylation sites (tertiary alicyclic amines) is 1. The van der Waals surface area contributed by atoms with Gasteiger partial charge in [0, 0.05) is 19.0 Å². The Morgan fingerprint density at radius 1 is 1.29 bits per heavy atom. The molecular weight excluding hydrogens is 306 g/mol. The minimum absolute atomic E-state index is 0.0108. The maximum absolute atomic E-state index is 13.1. The number of aromatic nitrogens is 4. The van der Waals surface area contributed by atoms with E-state index in [1.807, 2.05) is 44.2 Å². The van der Waals surface area contributed by atoms with Crippen LogP contribution in [0.25, 0.3) is 0 Å². The van der Waals surface area contributed by atoms with Gasteiger partial charge in [-0.05, 0) is 33.6 Å². The fraction of sp³-hybridized carbons (Fsp3) is 0.647. The minimum Gasteiger partial charge on any atom is -0.360 e. The summed E-state index contributed by atoms with van der Waals surface area (Å²) in [5, 5.41) is 8.49. The van der Waals surface area contributed by atoms with Crippen molar-refractivity contribution in [2.45, 2.75) is 59.4 Å². The van der Waals surface area contributed by atoms with Crippen LogP contribution in [-0.2, 0) is 0 Å². The monoisotopic (exact) mass is 331 g/mol. The highest BCUT2D eigenvalue weighted by Crippen LogP contribution is 2.27. The summed E-state index contributed by atoms with van der Waals surface area (Å²) < 4.78 is 7.33. The largest absolute Gasteiger partial charge is 0.360 e. The number of hydrogen-bond donors (Lipinski definition) is 0. The number of aryl methyl sites for hydroxylation is 3. The third-order valence-corrected chi connectivity index (χ3v) is 4.56. The summed E-state index contributed by atoms with van der Waals surface area (Å²) in [7, 11) is 0. The summed E-state index contributed by atoms with van der Waals surface area (Å²) in [4.78, 5) is 19.3. The molecule has 0 bridgehead atoms. The molecule has 24 heavy (non-hydrogen) atoms. The highest BCUT2D eigenvalue weighted by atomic mass is 16.5. The first-order valence-corrected chi connectivity index (χ1v) is 8.53. The highest BCUT2D eigenvalue weighted by Gasteiger charge is 2.31. The Labute approximate surface area is 142 Å². The molecule has 0 aliphatic carbocycles. The lowest BCUT2D eigenvalue weighted by molar-refractivity contribution is 0.0667. The molecule has 0 spiro atoms. The van der Waals surface area contributed by atoms with Crippen LogP contribution in [0.15, 0.2) is 4.52 Å². The topological polar surface area (TPSA) is 77.0 Å². The smallest absolute Gasteiger partial charge is 0.259 e. The van der Waals surface area contributed by atoms with Gasteiger partial charge in [0.1, 0.15) is 17.2 Å². The number of hydrogen-bond acceptors (Lipinski definition) is 5. The van der Waals surface area contributed by atoms with Gasteiger partial charge >= 0.3 is 0 Å². The van der Waals surface area contributed by atoms with E-state index in [9.17, 15) is 4.79 Å². The molecule has 2 aromatic rings. The van der Waals surface area contributed by atoms with Gasteiger partial charge in [0.05, 0.1) is 11.7 Å². The quantitative estimate of drug-likeness (QED) is 0.864. The Kier molecular flexibility index (Phi) is 4.43. The molecule has 1 saturated heterocycles. The third-order valence-electron chi connectivity index (χ3n) is 4.56. The van der Waals surface area contributed by atoms with Crippen LogP contribution in [0.4, 0.5) is 0 Å². The summed E-state index contributed by atoms with van der Waals surface area (Å²) in [6.45, 7) is 11.1. The Balaban J connectivity index is 1.84. The second kappa shape index (κ2) is 6.37. The lowest BCUT2D eigenvalue weighted by atomic mass is 10.0. The average Bonchev–Trinajstić information content (AvgIpc) is 3.09. The molecule has 1 aliphatic rings. The van der Waals surface area contributed by atoms with Gasteiger partial charge in [-0.3, -0.25) is 4.79 Å². The molecule has 0 unspecified atom stereocenters. The number of rotatable bonds is 3. The molecule has 1 fully saturated rings. The molecule has 0 saturated carbocycles. The molecule has 0 aromatic carbocycles. The van der Waals surface area contributed by atoms with Crippen LogP contribution in [0.2, 0.25) is 0 Å². The molecule has 0 N–H and O–H groups in total. The van der Waals surface area contributed by atoms with Gasteiger partial charge in [-0.1, -0.05) is 19.0 Å². The second-order valence-corrected chi connectivity index (χ2v) is 6.86. The zero-order chi connectivity index (χ0) is 17.4. The van der Waals surface area contributed by atoms with E-state index in [1.165, 1.54) is 0 Å². The second-order valence-electron chi connectivity index (χ2n) is 6.86. The van der Waals surface area contributed by atoms with Crippen molar-refractivity contribution in [3.05, 3.63) is 28.7 Å². The fourth-order valence-corrected chi connectivity index (χ4v) is 3.42. The number of carbonyl (C=O) groups excluding carboxylic acids is 1. The summed E-state index contributed by atoms with van der Waals surface area (Å²) >= 11 is 0. The summed E-state index contributed by atoms with van der Waals surface area (Å²) in [6, 6.07) is 0.173. The number of carbonyl (C=O) groups is 1. The van der Waals surface area contributed by atoms with E-state index in [4.69, 9.17) is 4.52 Å². The van der Waals surface area contributed by atoms with Gasteiger partial charge in [-0.25, -0.2) is 9.67 Å². The molecular formula is C17H25N5O2. The van der Waals surface area contributed by atoms with Crippen LogP contribution in [-0.4, -0.2) is 43.8 Å².